The first kappa shape index (κ1) is 17.7. The molecule has 0 saturated carbocycles. The molecule has 1 heterocycles. The highest BCUT2D eigenvalue weighted by Gasteiger charge is 2.19. The Bertz CT molecular complexity index is 1180. The van der Waals surface area contributed by atoms with Crippen LogP contribution in [0.15, 0.2) is 60.7 Å². The molecule has 3 aromatic carbocycles. The molecule has 0 aliphatic carbocycles. The summed E-state index contributed by atoms with van der Waals surface area (Å²) in [6, 6.07) is 17.1. The van der Waals surface area contributed by atoms with E-state index in [0.29, 0.717) is 5.69 Å². The van der Waals surface area contributed by atoms with Crippen LogP contribution in [0.3, 0.4) is 0 Å². The molecule has 0 spiro atoms. The largest absolute Gasteiger partial charge is 0.351 e. The number of urea groups is 1. The molecule has 6 heteroatoms. The third-order valence-corrected chi connectivity index (χ3v) is 4.76. The summed E-state index contributed by atoms with van der Waals surface area (Å²) in [4.78, 5) is 13.2. The van der Waals surface area contributed by atoms with E-state index in [2.05, 4.69) is 10.2 Å². The number of H-pyrrole nitrogens is 1. The van der Waals surface area contributed by atoms with E-state index in [4.69, 9.17) is 5.73 Å². The highest BCUT2D eigenvalue weighted by molar-refractivity contribution is 6.00. The van der Waals surface area contributed by atoms with E-state index >= 15 is 0 Å². The maximum absolute atomic E-state index is 14.3. The van der Waals surface area contributed by atoms with Crippen LogP contribution in [0.25, 0.3) is 22.0 Å². The summed E-state index contributed by atoms with van der Waals surface area (Å²) in [5, 5.41) is 8.35. The molecule has 2 amide bonds. The minimum atomic E-state index is -0.745. The van der Waals surface area contributed by atoms with E-state index in [-0.39, 0.29) is 5.69 Å². The molecule has 0 bridgehead atoms. The number of rotatable bonds is 3. The molecule has 3 N–H and O–H groups in total. The Morgan fingerprint density at radius 3 is 2.54 bits per heavy atom. The molecule has 0 atom stereocenters. The summed E-state index contributed by atoms with van der Waals surface area (Å²) in [6.45, 7) is 3.81. The number of carbonyl (C=O) groups excluding carboxylic acids is 1. The topological polar surface area (TPSA) is 75.0 Å². The van der Waals surface area contributed by atoms with Crippen LogP contribution in [0.4, 0.5) is 20.6 Å². The Balaban J connectivity index is 1.79. The van der Waals surface area contributed by atoms with Gasteiger partial charge in [0.2, 0.25) is 0 Å². The highest BCUT2D eigenvalue weighted by atomic mass is 19.1. The van der Waals surface area contributed by atoms with Crippen LogP contribution in [0, 0.1) is 19.7 Å². The number of nitrogens with zero attached hydrogens (tertiary/aromatic N) is 2. The molecular formula is C22H19FN4O. The number of anilines is 2. The number of hydrogen-bond donors (Lipinski definition) is 2. The Labute approximate surface area is 161 Å². The average molecular weight is 374 g/mol. The number of fused-ring (bicyclic) bond motifs is 1. The van der Waals surface area contributed by atoms with Gasteiger partial charge in [-0.05, 0) is 60.9 Å². The number of hydrogen-bond acceptors (Lipinski definition) is 2. The Kier molecular flexibility index (Phi) is 4.31. The van der Waals surface area contributed by atoms with Gasteiger partial charge in [0, 0.05) is 11.1 Å². The summed E-state index contributed by atoms with van der Waals surface area (Å²) < 4.78 is 14.3. The number of primary amides is 1. The maximum atomic E-state index is 14.3. The summed E-state index contributed by atoms with van der Waals surface area (Å²) in [6.07, 6.45) is 0. The number of aromatic nitrogens is 2. The maximum Gasteiger partial charge on any atom is 0.323 e. The van der Waals surface area contributed by atoms with E-state index in [1.807, 2.05) is 44.2 Å². The van der Waals surface area contributed by atoms with Crippen LogP contribution in [0.1, 0.15) is 11.3 Å². The molecule has 4 rings (SSSR count). The lowest BCUT2D eigenvalue weighted by atomic mass is 10.00. The first-order valence-corrected chi connectivity index (χ1v) is 8.85. The fourth-order valence-corrected chi connectivity index (χ4v) is 3.44. The van der Waals surface area contributed by atoms with Crippen molar-refractivity contribution in [2.45, 2.75) is 13.8 Å². The van der Waals surface area contributed by atoms with Gasteiger partial charge in [0.25, 0.3) is 0 Å². The molecule has 0 saturated heterocycles. The van der Waals surface area contributed by atoms with Crippen molar-refractivity contribution >= 4 is 28.3 Å². The summed E-state index contributed by atoms with van der Waals surface area (Å²) in [5.74, 6) is -0.507. The Morgan fingerprint density at radius 1 is 1.07 bits per heavy atom. The molecule has 0 fully saturated rings. The molecule has 0 aliphatic rings. The fourth-order valence-electron chi connectivity index (χ4n) is 3.44. The average Bonchev–Trinajstić information content (AvgIpc) is 3.06. The van der Waals surface area contributed by atoms with Crippen molar-refractivity contribution in [3.8, 4) is 11.1 Å². The van der Waals surface area contributed by atoms with Crippen molar-refractivity contribution in [2.24, 2.45) is 5.73 Å². The van der Waals surface area contributed by atoms with Crippen molar-refractivity contribution in [3.63, 3.8) is 0 Å². The van der Waals surface area contributed by atoms with E-state index < -0.39 is 11.8 Å². The zero-order valence-corrected chi connectivity index (χ0v) is 15.5. The molecule has 140 valence electrons. The van der Waals surface area contributed by atoms with E-state index in [9.17, 15) is 9.18 Å². The van der Waals surface area contributed by atoms with Crippen LogP contribution in [0.5, 0.6) is 0 Å². The Morgan fingerprint density at radius 2 is 1.82 bits per heavy atom. The van der Waals surface area contributed by atoms with Gasteiger partial charge in [-0.25, -0.2) is 9.18 Å². The predicted octanol–water partition coefficient (Wildman–Crippen LogP) is 5.20. The SMILES string of the molecule is Cc1ccc(F)c(N(C(N)=O)c2ccc(-c3cccc4n[nH]c(C)c34)cc2)c1. The van der Waals surface area contributed by atoms with Gasteiger partial charge in [-0.1, -0.05) is 30.3 Å². The zero-order chi connectivity index (χ0) is 19.8. The van der Waals surface area contributed by atoms with Crippen LogP contribution in [0.2, 0.25) is 0 Å². The molecule has 0 unspecified atom stereocenters. The second-order valence-corrected chi connectivity index (χ2v) is 6.72. The first-order chi connectivity index (χ1) is 13.5. The number of benzene rings is 3. The first-order valence-electron chi connectivity index (χ1n) is 8.85. The quantitative estimate of drug-likeness (QED) is 0.517. The van der Waals surface area contributed by atoms with Gasteiger partial charge in [0.05, 0.1) is 16.9 Å². The van der Waals surface area contributed by atoms with Crippen LogP contribution >= 0.6 is 0 Å². The van der Waals surface area contributed by atoms with Gasteiger partial charge in [0.1, 0.15) is 5.82 Å². The zero-order valence-electron chi connectivity index (χ0n) is 15.5. The smallest absolute Gasteiger partial charge is 0.323 e. The number of nitrogens with two attached hydrogens (primary N) is 1. The van der Waals surface area contributed by atoms with Crippen LogP contribution in [-0.4, -0.2) is 16.2 Å². The summed E-state index contributed by atoms with van der Waals surface area (Å²) in [5.41, 5.74) is 10.9. The molecular weight excluding hydrogens is 355 g/mol. The van der Waals surface area contributed by atoms with Gasteiger partial charge >= 0.3 is 6.03 Å². The normalized spacial score (nSPS) is 11.0. The van der Waals surface area contributed by atoms with Crippen molar-refractivity contribution in [2.75, 3.05) is 4.90 Å². The van der Waals surface area contributed by atoms with Crippen molar-refractivity contribution < 1.29 is 9.18 Å². The fraction of sp³-hybridized carbons (Fsp3) is 0.0909. The van der Waals surface area contributed by atoms with Crippen molar-refractivity contribution in [3.05, 3.63) is 77.7 Å². The van der Waals surface area contributed by atoms with E-state index in [0.717, 1.165) is 33.3 Å². The lowest BCUT2D eigenvalue weighted by Crippen LogP contribution is -2.32. The summed E-state index contributed by atoms with van der Waals surface area (Å²) >= 11 is 0. The molecule has 5 nitrogen and oxygen atoms in total. The van der Waals surface area contributed by atoms with Gasteiger partial charge in [-0.3, -0.25) is 10.00 Å². The van der Waals surface area contributed by atoms with Crippen molar-refractivity contribution in [1.82, 2.24) is 10.2 Å². The van der Waals surface area contributed by atoms with Gasteiger partial charge in [0.15, 0.2) is 0 Å². The minimum Gasteiger partial charge on any atom is -0.351 e. The van der Waals surface area contributed by atoms with Gasteiger partial charge < -0.3 is 5.73 Å². The lowest BCUT2D eigenvalue weighted by Gasteiger charge is -2.22. The molecule has 0 radical (unpaired) electrons. The molecule has 1 aromatic heterocycles. The minimum absolute atomic E-state index is 0.132. The van der Waals surface area contributed by atoms with Crippen LogP contribution in [-0.2, 0) is 0 Å². The van der Waals surface area contributed by atoms with Gasteiger partial charge in [-0.2, -0.15) is 5.10 Å². The Hall–Kier alpha value is -3.67. The number of halogens is 1. The molecule has 28 heavy (non-hydrogen) atoms. The predicted molar refractivity (Wildman–Crippen MR) is 109 cm³/mol. The standard InChI is InChI=1S/C22H19FN4O/c1-13-6-11-18(23)20(12-13)27(22(24)28)16-9-7-15(8-10-16)17-4-3-5-19-21(17)14(2)25-26-19/h3-12H,1-2H3,(H2,24,28)(H,25,26). The van der Waals surface area contributed by atoms with Crippen LogP contribution < -0.4 is 10.6 Å². The summed E-state index contributed by atoms with van der Waals surface area (Å²) in [7, 11) is 0. The number of nitrogens with one attached hydrogen (secondary N) is 1. The highest BCUT2D eigenvalue weighted by Crippen LogP contribution is 2.33. The lowest BCUT2D eigenvalue weighted by molar-refractivity contribution is 0.256. The van der Waals surface area contributed by atoms with Crippen molar-refractivity contribution in [1.29, 1.82) is 0 Å². The monoisotopic (exact) mass is 374 g/mol. The number of aromatic amines is 1. The number of carbonyl (C=O) groups is 1. The number of amides is 2. The van der Waals surface area contributed by atoms with Gasteiger partial charge in [-0.15, -0.1) is 0 Å². The van der Waals surface area contributed by atoms with E-state index in [1.54, 1.807) is 24.3 Å². The second-order valence-electron chi connectivity index (χ2n) is 6.72. The third-order valence-electron chi connectivity index (χ3n) is 4.76. The second kappa shape index (κ2) is 6.81. The number of aryl methyl sites for hydroxylation is 2. The van der Waals surface area contributed by atoms with E-state index in [1.165, 1.54) is 11.0 Å². The molecule has 4 aromatic rings. The molecule has 0 aliphatic heterocycles. The third kappa shape index (κ3) is 2.99.